The number of nitrogens with one attached hydrogen (secondary N) is 1. The van der Waals surface area contributed by atoms with Crippen LogP contribution < -0.4 is 5.32 Å². The molecule has 6 heteroatoms. The molecule has 1 rings (SSSR count). The lowest BCUT2D eigenvalue weighted by atomic mass is 10.3. The molecule has 0 atom stereocenters. The molecule has 0 aromatic heterocycles. The van der Waals surface area contributed by atoms with Crippen LogP contribution in [0.2, 0.25) is 0 Å². The third kappa shape index (κ3) is 4.16. The lowest BCUT2D eigenvalue weighted by Gasteiger charge is -2.32. The Morgan fingerprint density at radius 3 is 2.62 bits per heavy atom. The van der Waals surface area contributed by atoms with E-state index in [9.17, 15) is 9.59 Å². The van der Waals surface area contributed by atoms with Gasteiger partial charge in [-0.2, -0.15) is 0 Å². The van der Waals surface area contributed by atoms with E-state index < -0.39 is 0 Å². The quantitative estimate of drug-likeness (QED) is 0.446. The molecule has 1 N–H and O–H groups in total. The van der Waals surface area contributed by atoms with Gasteiger partial charge in [0.15, 0.2) is 0 Å². The van der Waals surface area contributed by atoms with Crippen molar-refractivity contribution in [2.45, 2.75) is 0 Å². The summed E-state index contributed by atoms with van der Waals surface area (Å²) in [6, 6.07) is 0. The van der Waals surface area contributed by atoms with Gasteiger partial charge in [0, 0.05) is 39.8 Å². The van der Waals surface area contributed by atoms with Crippen LogP contribution in [0.25, 0.3) is 0 Å². The number of carbonyl (C=O) groups excluding carboxylic acids is 2. The van der Waals surface area contributed by atoms with Crippen molar-refractivity contribution in [1.82, 2.24) is 15.1 Å². The summed E-state index contributed by atoms with van der Waals surface area (Å²) in [7, 11) is 1.63. The zero-order valence-corrected chi connectivity index (χ0v) is 9.65. The summed E-state index contributed by atoms with van der Waals surface area (Å²) in [6.07, 6.45) is 0.832. The third-order valence-corrected chi connectivity index (χ3v) is 2.58. The summed E-state index contributed by atoms with van der Waals surface area (Å²) in [6.45, 7) is 4.14. The number of nitrogens with zero attached hydrogens (tertiary/aromatic N) is 2. The topological polar surface area (TPSA) is 61.9 Å². The van der Waals surface area contributed by atoms with Crippen molar-refractivity contribution >= 4 is 12.3 Å². The van der Waals surface area contributed by atoms with E-state index in [-0.39, 0.29) is 5.91 Å². The van der Waals surface area contributed by atoms with Crippen LogP contribution in [0.15, 0.2) is 0 Å². The number of piperazine rings is 1. The second-order valence-corrected chi connectivity index (χ2v) is 3.69. The zero-order valence-electron chi connectivity index (χ0n) is 9.65. The Kier molecular flexibility index (Phi) is 5.81. The van der Waals surface area contributed by atoms with E-state index in [1.54, 1.807) is 16.9 Å². The molecule has 92 valence electrons. The Balaban J connectivity index is 2.15. The van der Waals surface area contributed by atoms with Crippen LogP contribution >= 0.6 is 0 Å². The number of rotatable bonds is 6. The Hall–Kier alpha value is -1.14. The van der Waals surface area contributed by atoms with E-state index in [0.717, 1.165) is 6.41 Å². The average molecular weight is 229 g/mol. The molecule has 1 aliphatic heterocycles. The molecule has 2 amide bonds. The van der Waals surface area contributed by atoms with Crippen LogP contribution in [0.4, 0.5) is 0 Å². The maximum Gasteiger partial charge on any atom is 0.236 e. The van der Waals surface area contributed by atoms with Crippen molar-refractivity contribution in [2.24, 2.45) is 0 Å². The summed E-state index contributed by atoms with van der Waals surface area (Å²) >= 11 is 0. The number of methoxy groups -OCH3 is 1. The molecule has 0 unspecified atom stereocenters. The number of ether oxygens (including phenoxy) is 1. The average Bonchev–Trinajstić information content (AvgIpc) is 2.34. The SMILES string of the molecule is COCCNCC(=O)N1CCN(C=O)CC1. The Labute approximate surface area is 95.5 Å². The smallest absolute Gasteiger partial charge is 0.236 e. The molecule has 1 fully saturated rings. The largest absolute Gasteiger partial charge is 0.383 e. The minimum Gasteiger partial charge on any atom is -0.383 e. The first-order valence-electron chi connectivity index (χ1n) is 5.44. The predicted molar refractivity (Wildman–Crippen MR) is 59.0 cm³/mol. The summed E-state index contributed by atoms with van der Waals surface area (Å²) in [5.41, 5.74) is 0. The van der Waals surface area contributed by atoms with Gasteiger partial charge >= 0.3 is 0 Å². The minimum absolute atomic E-state index is 0.0849. The summed E-state index contributed by atoms with van der Waals surface area (Å²) in [5.74, 6) is 0.0849. The molecule has 1 aliphatic rings. The molecule has 0 saturated carbocycles. The van der Waals surface area contributed by atoms with Gasteiger partial charge in [0.2, 0.25) is 12.3 Å². The molecule has 0 spiro atoms. The van der Waals surface area contributed by atoms with Crippen molar-refractivity contribution in [1.29, 1.82) is 0 Å². The zero-order chi connectivity index (χ0) is 11.8. The fourth-order valence-corrected chi connectivity index (χ4v) is 1.56. The minimum atomic E-state index is 0.0849. The number of hydrogen-bond donors (Lipinski definition) is 1. The summed E-state index contributed by atoms with van der Waals surface area (Å²) in [4.78, 5) is 25.6. The maximum absolute atomic E-state index is 11.7. The lowest BCUT2D eigenvalue weighted by Crippen LogP contribution is -2.50. The van der Waals surface area contributed by atoms with Crippen LogP contribution in [0.3, 0.4) is 0 Å². The number of hydrogen-bond acceptors (Lipinski definition) is 4. The third-order valence-electron chi connectivity index (χ3n) is 2.58. The van der Waals surface area contributed by atoms with E-state index in [1.165, 1.54) is 0 Å². The highest BCUT2D eigenvalue weighted by Gasteiger charge is 2.19. The van der Waals surface area contributed by atoms with Crippen molar-refractivity contribution in [2.75, 3.05) is 53.0 Å². The van der Waals surface area contributed by atoms with Crippen LogP contribution in [0.1, 0.15) is 0 Å². The van der Waals surface area contributed by atoms with Gasteiger partial charge in [-0.3, -0.25) is 9.59 Å². The van der Waals surface area contributed by atoms with Gasteiger partial charge in [0.1, 0.15) is 0 Å². The van der Waals surface area contributed by atoms with E-state index in [0.29, 0.717) is 45.9 Å². The number of amides is 2. The predicted octanol–water partition coefficient (Wildman–Crippen LogP) is -1.48. The van der Waals surface area contributed by atoms with Gasteiger partial charge in [0.25, 0.3) is 0 Å². The van der Waals surface area contributed by atoms with Gasteiger partial charge < -0.3 is 19.9 Å². The van der Waals surface area contributed by atoms with Gasteiger partial charge in [-0.25, -0.2) is 0 Å². The van der Waals surface area contributed by atoms with E-state index >= 15 is 0 Å². The molecule has 1 heterocycles. The first-order valence-corrected chi connectivity index (χ1v) is 5.44. The monoisotopic (exact) mass is 229 g/mol. The molecular formula is C10H19N3O3. The summed E-state index contributed by atoms with van der Waals surface area (Å²) in [5, 5.41) is 3.01. The van der Waals surface area contributed by atoms with Gasteiger partial charge in [-0.1, -0.05) is 0 Å². The first kappa shape index (κ1) is 12.9. The molecule has 0 aromatic rings. The lowest BCUT2D eigenvalue weighted by molar-refractivity contribution is -0.134. The van der Waals surface area contributed by atoms with Crippen LogP contribution in [0, 0.1) is 0 Å². The molecule has 16 heavy (non-hydrogen) atoms. The van der Waals surface area contributed by atoms with Gasteiger partial charge in [-0.05, 0) is 0 Å². The number of carbonyl (C=O) groups is 2. The fraction of sp³-hybridized carbons (Fsp3) is 0.800. The highest BCUT2D eigenvalue weighted by Crippen LogP contribution is 1.99. The molecule has 0 bridgehead atoms. The van der Waals surface area contributed by atoms with Gasteiger partial charge in [0.05, 0.1) is 13.2 Å². The van der Waals surface area contributed by atoms with Crippen LogP contribution in [-0.4, -0.2) is 75.1 Å². The highest BCUT2D eigenvalue weighted by molar-refractivity contribution is 5.78. The fourth-order valence-electron chi connectivity index (χ4n) is 1.56. The molecule has 6 nitrogen and oxygen atoms in total. The molecule has 0 aromatic carbocycles. The Morgan fingerprint density at radius 1 is 1.38 bits per heavy atom. The molecule has 1 saturated heterocycles. The summed E-state index contributed by atoms with van der Waals surface area (Å²) < 4.78 is 4.86. The van der Waals surface area contributed by atoms with Crippen molar-refractivity contribution in [3.8, 4) is 0 Å². The van der Waals surface area contributed by atoms with E-state index in [1.807, 2.05) is 0 Å². The van der Waals surface area contributed by atoms with Crippen molar-refractivity contribution in [3.63, 3.8) is 0 Å². The highest BCUT2D eigenvalue weighted by atomic mass is 16.5. The second kappa shape index (κ2) is 7.19. The Morgan fingerprint density at radius 2 is 2.06 bits per heavy atom. The van der Waals surface area contributed by atoms with Crippen molar-refractivity contribution in [3.05, 3.63) is 0 Å². The van der Waals surface area contributed by atoms with E-state index in [4.69, 9.17) is 4.74 Å². The normalized spacial score (nSPS) is 16.3. The second-order valence-electron chi connectivity index (χ2n) is 3.69. The van der Waals surface area contributed by atoms with Gasteiger partial charge in [-0.15, -0.1) is 0 Å². The molecule has 0 radical (unpaired) electrons. The van der Waals surface area contributed by atoms with Crippen LogP contribution in [0.5, 0.6) is 0 Å². The van der Waals surface area contributed by atoms with Crippen LogP contribution in [-0.2, 0) is 14.3 Å². The standard InChI is InChI=1S/C10H19N3O3/c1-16-7-2-11-8-10(15)13-5-3-12(9-14)4-6-13/h9,11H,2-8H2,1H3. The maximum atomic E-state index is 11.7. The first-order chi connectivity index (χ1) is 7.77. The Bertz CT molecular complexity index is 227. The molecule has 0 aliphatic carbocycles. The van der Waals surface area contributed by atoms with E-state index in [2.05, 4.69) is 5.32 Å². The van der Waals surface area contributed by atoms with Crippen molar-refractivity contribution < 1.29 is 14.3 Å². The molecular weight excluding hydrogens is 210 g/mol.